The molecule has 1 aromatic heterocycles. The molecule has 0 saturated carbocycles. The second-order valence-electron chi connectivity index (χ2n) is 7.00. The Hall–Kier alpha value is -1.78. The summed E-state index contributed by atoms with van der Waals surface area (Å²) in [5.74, 6) is 0.525. The highest BCUT2D eigenvalue weighted by molar-refractivity contribution is 5.68. The molecule has 2 fully saturated rings. The Bertz CT molecular complexity index is 512. The van der Waals surface area contributed by atoms with Gasteiger partial charge < -0.3 is 14.5 Å². The van der Waals surface area contributed by atoms with Gasteiger partial charge in [0.1, 0.15) is 5.60 Å². The van der Waals surface area contributed by atoms with Gasteiger partial charge in [-0.25, -0.2) is 4.79 Å². The van der Waals surface area contributed by atoms with E-state index in [-0.39, 0.29) is 6.09 Å². The molecule has 1 amide bonds. The van der Waals surface area contributed by atoms with Crippen LogP contribution in [0.25, 0.3) is 0 Å². The van der Waals surface area contributed by atoms with Crippen molar-refractivity contribution in [3.8, 4) is 0 Å². The van der Waals surface area contributed by atoms with Gasteiger partial charge in [-0.05, 0) is 45.2 Å². The normalized spacial score (nSPS) is 25.1. The summed E-state index contributed by atoms with van der Waals surface area (Å²) in [5.41, 5.74) is 0.715. The first-order valence-corrected chi connectivity index (χ1v) is 7.57. The Morgan fingerprint density at radius 2 is 2.14 bits per heavy atom. The molecule has 0 N–H and O–H groups in total. The fourth-order valence-electron chi connectivity index (χ4n) is 3.28. The summed E-state index contributed by atoms with van der Waals surface area (Å²) in [5, 5.41) is 0. The van der Waals surface area contributed by atoms with Crippen LogP contribution in [-0.4, -0.2) is 47.3 Å². The van der Waals surface area contributed by atoms with E-state index in [4.69, 9.17) is 4.74 Å². The van der Waals surface area contributed by atoms with Crippen LogP contribution >= 0.6 is 0 Å². The zero-order valence-corrected chi connectivity index (χ0v) is 13.0. The number of carbonyl (C=O) groups is 1. The van der Waals surface area contributed by atoms with Gasteiger partial charge in [-0.2, -0.15) is 0 Å². The fourth-order valence-corrected chi connectivity index (χ4v) is 3.28. The molecule has 2 aliphatic rings. The molecule has 0 aliphatic carbocycles. The molecule has 5 heteroatoms. The summed E-state index contributed by atoms with van der Waals surface area (Å²) in [6, 6.07) is 4.43. The summed E-state index contributed by atoms with van der Waals surface area (Å²) in [6.45, 7) is 8.25. The number of pyridine rings is 1. The Balaban J connectivity index is 1.69. The van der Waals surface area contributed by atoms with Crippen molar-refractivity contribution in [2.45, 2.75) is 38.8 Å². The van der Waals surface area contributed by atoms with E-state index >= 15 is 0 Å². The molecule has 2 atom stereocenters. The van der Waals surface area contributed by atoms with E-state index in [1.807, 2.05) is 37.9 Å². The molecule has 114 valence electrons. The molecule has 21 heavy (non-hydrogen) atoms. The first-order chi connectivity index (χ1) is 9.92. The molecular weight excluding hydrogens is 266 g/mol. The lowest BCUT2D eigenvalue weighted by molar-refractivity contribution is 0.0185. The van der Waals surface area contributed by atoms with Crippen molar-refractivity contribution in [2.75, 3.05) is 24.5 Å². The van der Waals surface area contributed by atoms with Gasteiger partial charge in [0.2, 0.25) is 0 Å². The maximum atomic E-state index is 12.2. The number of amides is 1. The lowest BCUT2D eigenvalue weighted by Crippen LogP contribution is -2.47. The van der Waals surface area contributed by atoms with E-state index in [9.17, 15) is 4.79 Å². The number of hydrogen-bond acceptors (Lipinski definition) is 4. The van der Waals surface area contributed by atoms with Gasteiger partial charge in [-0.1, -0.05) is 0 Å². The van der Waals surface area contributed by atoms with Crippen LogP contribution in [0.5, 0.6) is 0 Å². The van der Waals surface area contributed by atoms with E-state index in [1.165, 1.54) is 0 Å². The number of carbonyl (C=O) groups excluding carboxylic acids is 1. The van der Waals surface area contributed by atoms with Gasteiger partial charge in [0.25, 0.3) is 0 Å². The number of fused-ring (bicyclic) bond motifs is 2. The van der Waals surface area contributed by atoms with Crippen LogP contribution in [-0.2, 0) is 4.74 Å². The van der Waals surface area contributed by atoms with E-state index in [1.54, 1.807) is 6.20 Å². The molecule has 2 aliphatic heterocycles. The first kappa shape index (κ1) is 14.2. The highest BCUT2D eigenvalue weighted by atomic mass is 16.6. The van der Waals surface area contributed by atoms with Crippen molar-refractivity contribution < 1.29 is 9.53 Å². The number of nitrogens with zero attached hydrogens (tertiary/aromatic N) is 3. The zero-order valence-electron chi connectivity index (χ0n) is 13.0. The third-order valence-corrected chi connectivity index (χ3v) is 4.04. The number of piperidine rings is 1. The summed E-state index contributed by atoms with van der Waals surface area (Å²) >= 11 is 0. The number of anilines is 1. The van der Waals surface area contributed by atoms with Crippen LogP contribution < -0.4 is 4.90 Å². The summed E-state index contributed by atoms with van der Waals surface area (Å²) in [6.07, 6.45) is 4.65. The summed E-state index contributed by atoms with van der Waals surface area (Å²) in [7, 11) is 0. The van der Waals surface area contributed by atoms with Gasteiger partial charge in [-0.15, -0.1) is 0 Å². The van der Waals surface area contributed by atoms with E-state index in [2.05, 4.69) is 16.0 Å². The van der Waals surface area contributed by atoms with Gasteiger partial charge in [0.05, 0.1) is 11.9 Å². The minimum Gasteiger partial charge on any atom is -0.444 e. The number of rotatable bonds is 1. The Labute approximate surface area is 125 Å². The average Bonchev–Trinajstić information content (AvgIpc) is 2.72. The second-order valence-corrected chi connectivity index (χ2v) is 7.00. The van der Waals surface area contributed by atoms with Crippen molar-refractivity contribution in [1.82, 2.24) is 9.88 Å². The molecule has 5 nitrogen and oxygen atoms in total. The largest absolute Gasteiger partial charge is 0.444 e. The van der Waals surface area contributed by atoms with Crippen molar-refractivity contribution in [2.24, 2.45) is 5.92 Å². The fraction of sp³-hybridized carbons (Fsp3) is 0.625. The number of hydrogen-bond donors (Lipinski definition) is 0. The van der Waals surface area contributed by atoms with E-state index in [0.29, 0.717) is 12.0 Å². The molecular formula is C16H23N3O2. The SMILES string of the molecule is CC(C)(C)OC(=O)N1C[C@@H]2C[C@H](C1)N(c1cccnc1)C2. The molecule has 3 heterocycles. The zero-order chi connectivity index (χ0) is 15.0. The lowest BCUT2D eigenvalue weighted by Gasteiger charge is -2.34. The number of ether oxygens (including phenoxy) is 1. The van der Waals surface area contributed by atoms with Gasteiger partial charge >= 0.3 is 6.09 Å². The Morgan fingerprint density at radius 3 is 2.81 bits per heavy atom. The highest BCUT2D eigenvalue weighted by Gasteiger charge is 2.41. The quantitative estimate of drug-likeness (QED) is 0.797. The van der Waals surface area contributed by atoms with Gasteiger partial charge in [-0.3, -0.25) is 4.98 Å². The molecule has 0 radical (unpaired) electrons. The van der Waals surface area contributed by atoms with Crippen LogP contribution in [0.2, 0.25) is 0 Å². The molecule has 0 aromatic carbocycles. The van der Waals surface area contributed by atoms with Crippen LogP contribution in [0.1, 0.15) is 27.2 Å². The van der Waals surface area contributed by atoms with Gasteiger partial charge in [0.15, 0.2) is 0 Å². The Kier molecular flexibility index (Phi) is 3.51. The third kappa shape index (κ3) is 3.12. The highest BCUT2D eigenvalue weighted by Crippen LogP contribution is 2.33. The lowest BCUT2D eigenvalue weighted by atomic mass is 10.0. The topological polar surface area (TPSA) is 45.7 Å². The van der Waals surface area contributed by atoms with E-state index in [0.717, 1.165) is 31.7 Å². The summed E-state index contributed by atoms with van der Waals surface area (Å²) in [4.78, 5) is 20.7. The minimum absolute atomic E-state index is 0.190. The number of aromatic nitrogens is 1. The molecule has 3 rings (SSSR count). The first-order valence-electron chi connectivity index (χ1n) is 7.57. The molecule has 0 unspecified atom stereocenters. The van der Waals surface area contributed by atoms with Crippen molar-refractivity contribution in [1.29, 1.82) is 0 Å². The average molecular weight is 289 g/mol. The maximum Gasteiger partial charge on any atom is 0.410 e. The molecule has 0 spiro atoms. The third-order valence-electron chi connectivity index (χ3n) is 4.04. The predicted molar refractivity (Wildman–Crippen MR) is 81.3 cm³/mol. The van der Waals surface area contributed by atoms with Crippen molar-refractivity contribution in [3.63, 3.8) is 0 Å². The van der Waals surface area contributed by atoms with Crippen molar-refractivity contribution in [3.05, 3.63) is 24.5 Å². The smallest absolute Gasteiger partial charge is 0.410 e. The maximum absolute atomic E-state index is 12.2. The Morgan fingerprint density at radius 1 is 1.33 bits per heavy atom. The standard InChI is InChI=1S/C16H23N3O2/c1-16(2,3)21-15(20)18-9-12-7-14(11-18)19(10-12)13-5-4-6-17-8-13/h4-6,8,12,14H,7,9-11H2,1-3H3/t12-,14+/m0/s1. The molecule has 1 aromatic rings. The van der Waals surface area contributed by atoms with Crippen molar-refractivity contribution >= 4 is 11.8 Å². The minimum atomic E-state index is -0.434. The molecule has 2 bridgehead atoms. The van der Waals surface area contributed by atoms with Crippen LogP contribution in [0, 0.1) is 5.92 Å². The van der Waals surface area contributed by atoms with Crippen LogP contribution in [0.15, 0.2) is 24.5 Å². The monoisotopic (exact) mass is 289 g/mol. The number of likely N-dealkylation sites (tertiary alicyclic amines) is 1. The van der Waals surface area contributed by atoms with Crippen LogP contribution in [0.4, 0.5) is 10.5 Å². The summed E-state index contributed by atoms with van der Waals surface area (Å²) < 4.78 is 5.50. The molecule has 2 saturated heterocycles. The predicted octanol–water partition coefficient (Wildman–Crippen LogP) is 2.53. The van der Waals surface area contributed by atoms with E-state index < -0.39 is 5.60 Å². The van der Waals surface area contributed by atoms with Crippen LogP contribution in [0.3, 0.4) is 0 Å². The second kappa shape index (κ2) is 5.20. The van der Waals surface area contributed by atoms with Gasteiger partial charge in [0, 0.05) is 31.9 Å².